The highest BCUT2D eigenvalue weighted by molar-refractivity contribution is 6.30. The van der Waals surface area contributed by atoms with Crippen molar-refractivity contribution in [3.8, 4) is 0 Å². The molecule has 1 saturated carbocycles. The minimum absolute atomic E-state index is 0.0208. The molecule has 0 atom stereocenters. The van der Waals surface area contributed by atoms with Gasteiger partial charge in [-0.15, -0.1) is 0 Å². The third-order valence-corrected chi connectivity index (χ3v) is 6.04. The molecule has 0 aromatic carbocycles. The molecule has 2 heterocycles. The second-order valence-electron chi connectivity index (χ2n) is 9.43. The summed E-state index contributed by atoms with van der Waals surface area (Å²) in [6.45, 7) is 7.50. The first kappa shape index (κ1) is 22.7. The first-order chi connectivity index (χ1) is 14.2. The number of carbonyl (C=O) groups excluding carboxylic acids is 2. The number of hydrogen-bond acceptors (Lipinski definition) is 5. The lowest BCUT2D eigenvalue weighted by Crippen LogP contribution is -2.56. The van der Waals surface area contributed by atoms with Crippen LogP contribution in [0.25, 0.3) is 0 Å². The number of aromatic nitrogens is 1. The third-order valence-electron chi connectivity index (χ3n) is 5.82. The third kappa shape index (κ3) is 6.24. The lowest BCUT2D eigenvalue weighted by Gasteiger charge is -2.36. The summed E-state index contributed by atoms with van der Waals surface area (Å²) >= 11 is 5.92. The van der Waals surface area contributed by atoms with Gasteiger partial charge in [0, 0.05) is 31.7 Å². The highest BCUT2D eigenvalue weighted by Crippen LogP contribution is 2.31. The molecule has 166 valence electrons. The van der Waals surface area contributed by atoms with E-state index in [1.165, 1.54) is 0 Å². The van der Waals surface area contributed by atoms with Gasteiger partial charge >= 0.3 is 6.09 Å². The van der Waals surface area contributed by atoms with E-state index < -0.39 is 11.7 Å². The standard InChI is InChI=1S/C22H33ClN4O3/c1-21(2,3)30-20(29)25-15-22(10-4-5-11-22)26-19(28)16-8-12-27(13-9-16)18-7-6-17(23)14-24-18/h6-7,14,16H,4-5,8-13,15H2,1-3H3,(H,25,29)(H,26,28). The number of ether oxygens (including phenoxy) is 1. The first-order valence-corrected chi connectivity index (χ1v) is 11.2. The van der Waals surface area contributed by atoms with Gasteiger partial charge in [-0.3, -0.25) is 4.79 Å². The van der Waals surface area contributed by atoms with Crippen LogP contribution in [-0.4, -0.2) is 47.8 Å². The number of piperidine rings is 1. The van der Waals surface area contributed by atoms with Gasteiger partial charge in [-0.05, 0) is 58.6 Å². The summed E-state index contributed by atoms with van der Waals surface area (Å²) in [5.74, 6) is 0.964. The van der Waals surface area contributed by atoms with E-state index in [9.17, 15) is 9.59 Å². The van der Waals surface area contributed by atoms with Crippen LogP contribution in [0.15, 0.2) is 18.3 Å². The average Bonchev–Trinajstić information content (AvgIpc) is 3.15. The summed E-state index contributed by atoms with van der Waals surface area (Å²) in [6.07, 6.45) is 6.64. The fraction of sp³-hybridized carbons (Fsp3) is 0.682. The molecule has 1 aliphatic carbocycles. The zero-order chi connectivity index (χ0) is 21.8. The number of halogens is 1. The van der Waals surface area contributed by atoms with Crippen molar-refractivity contribution < 1.29 is 14.3 Å². The Morgan fingerprint density at radius 1 is 1.23 bits per heavy atom. The van der Waals surface area contributed by atoms with Crippen LogP contribution in [0.3, 0.4) is 0 Å². The molecule has 0 spiro atoms. The predicted molar refractivity (Wildman–Crippen MR) is 118 cm³/mol. The molecule has 7 nitrogen and oxygen atoms in total. The maximum absolute atomic E-state index is 13.0. The maximum atomic E-state index is 13.0. The van der Waals surface area contributed by atoms with Gasteiger partial charge in [0.2, 0.25) is 5.91 Å². The van der Waals surface area contributed by atoms with E-state index >= 15 is 0 Å². The summed E-state index contributed by atoms with van der Waals surface area (Å²) in [5, 5.41) is 6.76. The van der Waals surface area contributed by atoms with Crippen molar-refractivity contribution in [3.63, 3.8) is 0 Å². The molecule has 1 aromatic heterocycles. The Hall–Kier alpha value is -2.02. The minimum Gasteiger partial charge on any atom is -0.444 e. The highest BCUT2D eigenvalue weighted by Gasteiger charge is 2.38. The molecule has 8 heteroatoms. The van der Waals surface area contributed by atoms with E-state index in [2.05, 4.69) is 20.5 Å². The largest absolute Gasteiger partial charge is 0.444 e. The van der Waals surface area contributed by atoms with Gasteiger partial charge in [0.15, 0.2) is 0 Å². The summed E-state index contributed by atoms with van der Waals surface area (Å²) in [6, 6.07) is 3.75. The van der Waals surface area contributed by atoms with Gasteiger partial charge in [-0.1, -0.05) is 24.4 Å². The Kier molecular flexibility index (Phi) is 7.11. The normalized spacial score (nSPS) is 19.4. The van der Waals surface area contributed by atoms with Crippen molar-refractivity contribution >= 4 is 29.4 Å². The fourth-order valence-electron chi connectivity index (χ4n) is 4.24. The molecular weight excluding hydrogens is 404 g/mol. The summed E-state index contributed by atoms with van der Waals surface area (Å²) in [7, 11) is 0. The molecular formula is C22H33ClN4O3. The Bertz CT molecular complexity index is 734. The van der Waals surface area contributed by atoms with Crippen LogP contribution >= 0.6 is 11.6 Å². The molecule has 0 unspecified atom stereocenters. The molecule has 3 rings (SSSR count). The number of pyridine rings is 1. The lowest BCUT2D eigenvalue weighted by molar-refractivity contribution is -0.127. The maximum Gasteiger partial charge on any atom is 0.407 e. The molecule has 0 radical (unpaired) electrons. The second kappa shape index (κ2) is 9.41. The molecule has 2 aliphatic rings. The van der Waals surface area contributed by atoms with Gasteiger partial charge in [0.1, 0.15) is 11.4 Å². The number of nitrogens with zero attached hydrogens (tertiary/aromatic N) is 2. The Labute approximate surface area is 183 Å². The van der Waals surface area contributed by atoms with E-state index in [-0.39, 0.29) is 17.4 Å². The lowest BCUT2D eigenvalue weighted by atomic mass is 9.92. The fourth-order valence-corrected chi connectivity index (χ4v) is 4.35. The molecule has 30 heavy (non-hydrogen) atoms. The summed E-state index contributed by atoms with van der Waals surface area (Å²) < 4.78 is 5.34. The van der Waals surface area contributed by atoms with E-state index in [4.69, 9.17) is 16.3 Å². The van der Waals surface area contributed by atoms with Crippen LogP contribution in [0.2, 0.25) is 5.02 Å². The molecule has 1 aliphatic heterocycles. The number of amides is 2. The smallest absolute Gasteiger partial charge is 0.407 e. The van der Waals surface area contributed by atoms with Crippen molar-refractivity contribution in [2.45, 2.75) is 70.4 Å². The number of anilines is 1. The monoisotopic (exact) mass is 436 g/mol. The Balaban J connectivity index is 1.51. The van der Waals surface area contributed by atoms with Crippen molar-refractivity contribution in [1.29, 1.82) is 0 Å². The summed E-state index contributed by atoms with van der Waals surface area (Å²) in [4.78, 5) is 31.6. The molecule has 2 fully saturated rings. The molecule has 2 amide bonds. The quantitative estimate of drug-likeness (QED) is 0.731. The second-order valence-corrected chi connectivity index (χ2v) is 9.86. The SMILES string of the molecule is CC(C)(C)OC(=O)NCC1(NC(=O)C2CCN(c3ccc(Cl)cn3)CC2)CCCC1. The van der Waals surface area contributed by atoms with E-state index in [0.29, 0.717) is 11.6 Å². The molecule has 1 saturated heterocycles. The van der Waals surface area contributed by atoms with Crippen molar-refractivity contribution in [2.75, 3.05) is 24.5 Å². The van der Waals surface area contributed by atoms with Gasteiger partial charge < -0.3 is 20.3 Å². The Morgan fingerprint density at radius 2 is 1.90 bits per heavy atom. The zero-order valence-electron chi connectivity index (χ0n) is 18.2. The van der Waals surface area contributed by atoms with Crippen LogP contribution < -0.4 is 15.5 Å². The van der Waals surface area contributed by atoms with Crippen LogP contribution in [-0.2, 0) is 9.53 Å². The number of alkyl carbamates (subject to hydrolysis) is 1. The number of nitrogens with one attached hydrogen (secondary N) is 2. The van der Waals surface area contributed by atoms with E-state index in [1.807, 2.05) is 32.9 Å². The van der Waals surface area contributed by atoms with Gasteiger partial charge in [-0.25, -0.2) is 9.78 Å². The first-order valence-electron chi connectivity index (χ1n) is 10.8. The molecule has 1 aromatic rings. The predicted octanol–water partition coefficient (Wildman–Crippen LogP) is 3.91. The summed E-state index contributed by atoms with van der Waals surface area (Å²) in [5.41, 5.74) is -0.911. The van der Waals surface area contributed by atoms with Crippen LogP contribution in [0.1, 0.15) is 59.3 Å². The van der Waals surface area contributed by atoms with E-state index in [0.717, 1.165) is 57.4 Å². The number of carbonyl (C=O) groups is 2. The van der Waals surface area contributed by atoms with Crippen LogP contribution in [0.4, 0.5) is 10.6 Å². The minimum atomic E-state index is -0.539. The van der Waals surface area contributed by atoms with Crippen molar-refractivity contribution in [1.82, 2.24) is 15.6 Å². The number of rotatable bonds is 5. The molecule has 0 bridgehead atoms. The average molecular weight is 437 g/mol. The van der Waals surface area contributed by atoms with Gasteiger partial charge in [0.25, 0.3) is 0 Å². The highest BCUT2D eigenvalue weighted by atomic mass is 35.5. The van der Waals surface area contributed by atoms with Gasteiger partial charge in [0.05, 0.1) is 10.6 Å². The topological polar surface area (TPSA) is 83.6 Å². The van der Waals surface area contributed by atoms with E-state index in [1.54, 1.807) is 6.20 Å². The van der Waals surface area contributed by atoms with Crippen molar-refractivity contribution in [2.24, 2.45) is 5.92 Å². The zero-order valence-corrected chi connectivity index (χ0v) is 18.9. The Morgan fingerprint density at radius 3 is 2.47 bits per heavy atom. The van der Waals surface area contributed by atoms with Crippen molar-refractivity contribution in [3.05, 3.63) is 23.4 Å². The van der Waals surface area contributed by atoms with Gasteiger partial charge in [-0.2, -0.15) is 0 Å². The number of hydrogen-bond donors (Lipinski definition) is 2. The van der Waals surface area contributed by atoms with Crippen LogP contribution in [0, 0.1) is 5.92 Å². The molecule has 2 N–H and O–H groups in total. The van der Waals surface area contributed by atoms with Crippen LogP contribution in [0.5, 0.6) is 0 Å².